The first kappa shape index (κ1) is 10.2. The van der Waals surface area contributed by atoms with Crippen LogP contribution in [0.15, 0.2) is 30.3 Å². The van der Waals surface area contributed by atoms with E-state index < -0.39 is 0 Å². The average Bonchev–Trinajstić information content (AvgIpc) is 2.37. The van der Waals surface area contributed by atoms with Gasteiger partial charge < -0.3 is 5.32 Å². The molecule has 2 atom stereocenters. The highest BCUT2D eigenvalue weighted by molar-refractivity contribution is 5.83. The summed E-state index contributed by atoms with van der Waals surface area (Å²) in [6.45, 7) is 6.18. The molecular weight excluding hydrogens is 186 g/mol. The van der Waals surface area contributed by atoms with Gasteiger partial charge in [-0.1, -0.05) is 37.3 Å². The number of rotatable bonds is 1. The zero-order chi connectivity index (χ0) is 11.1. The molecular formula is C13H17NO. The summed E-state index contributed by atoms with van der Waals surface area (Å²) < 4.78 is 0. The molecule has 1 aromatic carbocycles. The van der Waals surface area contributed by atoms with Crippen molar-refractivity contribution >= 4 is 5.91 Å². The minimum atomic E-state index is -0.141. The van der Waals surface area contributed by atoms with E-state index in [0.717, 1.165) is 0 Å². The van der Waals surface area contributed by atoms with Crippen LogP contribution in [0.2, 0.25) is 0 Å². The summed E-state index contributed by atoms with van der Waals surface area (Å²) in [5.74, 6) is 0.488. The van der Waals surface area contributed by atoms with Crippen LogP contribution < -0.4 is 5.32 Å². The molecule has 0 spiro atoms. The Bertz CT molecular complexity index is 369. The monoisotopic (exact) mass is 203 g/mol. The summed E-state index contributed by atoms with van der Waals surface area (Å²) in [6, 6.07) is 10.3. The van der Waals surface area contributed by atoms with Crippen molar-refractivity contribution in [2.24, 2.45) is 5.92 Å². The lowest BCUT2D eigenvalue weighted by molar-refractivity contribution is -0.122. The third kappa shape index (κ3) is 1.65. The fourth-order valence-corrected chi connectivity index (χ4v) is 2.65. The molecule has 2 rings (SSSR count). The van der Waals surface area contributed by atoms with Gasteiger partial charge in [0.2, 0.25) is 5.91 Å². The molecule has 1 N–H and O–H groups in total. The Morgan fingerprint density at radius 1 is 1.20 bits per heavy atom. The van der Waals surface area contributed by atoms with Gasteiger partial charge in [0, 0.05) is 17.4 Å². The third-order valence-electron chi connectivity index (χ3n) is 3.30. The molecule has 1 heterocycles. The van der Waals surface area contributed by atoms with Crippen molar-refractivity contribution in [1.29, 1.82) is 0 Å². The van der Waals surface area contributed by atoms with E-state index >= 15 is 0 Å². The van der Waals surface area contributed by atoms with E-state index in [1.54, 1.807) is 0 Å². The Kier molecular flexibility index (Phi) is 2.29. The van der Waals surface area contributed by atoms with E-state index in [4.69, 9.17) is 0 Å². The van der Waals surface area contributed by atoms with Crippen molar-refractivity contribution in [3.8, 4) is 0 Å². The molecule has 1 fully saturated rings. The summed E-state index contributed by atoms with van der Waals surface area (Å²) >= 11 is 0. The van der Waals surface area contributed by atoms with Crippen LogP contribution in [0.4, 0.5) is 0 Å². The van der Waals surface area contributed by atoms with Crippen LogP contribution in [-0.4, -0.2) is 11.4 Å². The van der Waals surface area contributed by atoms with Crippen LogP contribution in [0.3, 0.4) is 0 Å². The average molecular weight is 203 g/mol. The number of carbonyl (C=O) groups excluding carboxylic acids is 1. The summed E-state index contributed by atoms with van der Waals surface area (Å²) in [7, 11) is 0. The van der Waals surface area contributed by atoms with Gasteiger partial charge in [0.25, 0.3) is 0 Å². The molecule has 1 aliphatic rings. The van der Waals surface area contributed by atoms with Gasteiger partial charge in [-0.3, -0.25) is 4.79 Å². The van der Waals surface area contributed by atoms with Crippen LogP contribution in [0.1, 0.15) is 32.3 Å². The Balaban J connectivity index is 2.40. The predicted octanol–water partition coefficient (Wildman–Crippen LogP) is 2.31. The fourth-order valence-electron chi connectivity index (χ4n) is 2.65. The molecule has 1 amide bonds. The normalized spacial score (nSPS) is 28.9. The van der Waals surface area contributed by atoms with E-state index in [2.05, 4.69) is 31.3 Å². The van der Waals surface area contributed by atoms with Crippen molar-refractivity contribution in [2.75, 3.05) is 0 Å². The number of amides is 1. The molecule has 1 aliphatic heterocycles. The predicted molar refractivity (Wildman–Crippen MR) is 60.6 cm³/mol. The van der Waals surface area contributed by atoms with Gasteiger partial charge in [0.15, 0.2) is 0 Å². The van der Waals surface area contributed by atoms with E-state index in [1.807, 2.05) is 25.1 Å². The third-order valence-corrected chi connectivity index (χ3v) is 3.30. The molecule has 15 heavy (non-hydrogen) atoms. The summed E-state index contributed by atoms with van der Waals surface area (Å²) in [4.78, 5) is 11.7. The Hall–Kier alpha value is -1.31. The highest BCUT2D eigenvalue weighted by atomic mass is 16.2. The zero-order valence-electron chi connectivity index (χ0n) is 9.45. The van der Waals surface area contributed by atoms with Gasteiger partial charge in [-0.2, -0.15) is 0 Å². The fraction of sp³-hybridized carbons (Fsp3) is 0.462. The smallest absolute Gasteiger partial charge is 0.223 e. The molecule has 0 bridgehead atoms. The standard InChI is InChI=1S/C13H17NO/c1-9-11(10-7-5-4-6-8-10)13(2,3)14-12(9)15/h4-9,11H,1-3H3,(H,14,15). The van der Waals surface area contributed by atoms with Gasteiger partial charge >= 0.3 is 0 Å². The first-order chi connectivity index (χ1) is 7.02. The van der Waals surface area contributed by atoms with Gasteiger partial charge in [0.05, 0.1) is 0 Å². The molecule has 0 saturated carbocycles. The van der Waals surface area contributed by atoms with Crippen molar-refractivity contribution in [3.05, 3.63) is 35.9 Å². The molecule has 2 nitrogen and oxygen atoms in total. The Morgan fingerprint density at radius 2 is 1.80 bits per heavy atom. The van der Waals surface area contributed by atoms with Crippen LogP contribution in [-0.2, 0) is 4.79 Å². The van der Waals surface area contributed by atoms with E-state index in [-0.39, 0.29) is 23.3 Å². The topological polar surface area (TPSA) is 29.1 Å². The maximum absolute atomic E-state index is 11.7. The Morgan fingerprint density at radius 3 is 2.27 bits per heavy atom. The second-order valence-corrected chi connectivity index (χ2v) is 4.89. The summed E-state index contributed by atoms with van der Waals surface area (Å²) in [5, 5.41) is 3.05. The molecule has 0 radical (unpaired) electrons. The van der Waals surface area contributed by atoms with Crippen molar-refractivity contribution in [3.63, 3.8) is 0 Å². The second-order valence-electron chi connectivity index (χ2n) is 4.89. The highest BCUT2D eigenvalue weighted by Gasteiger charge is 2.45. The van der Waals surface area contributed by atoms with Crippen LogP contribution in [0.5, 0.6) is 0 Å². The number of benzene rings is 1. The summed E-state index contributed by atoms with van der Waals surface area (Å²) in [5.41, 5.74) is 1.10. The first-order valence-electron chi connectivity index (χ1n) is 5.39. The zero-order valence-corrected chi connectivity index (χ0v) is 9.45. The molecule has 0 aromatic heterocycles. The number of hydrogen-bond donors (Lipinski definition) is 1. The lowest BCUT2D eigenvalue weighted by Crippen LogP contribution is -2.38. The number of carbonyl (C=O) groups is 1. The van der Waals surface area contributed by atoms with Gasteiger partial charge in [-0.05, 0) is 19.4 Å². The van der Waals surface area contributed by atoms with E-state index in [1.165, 1.54) is 5.56 Å². The van der Waals surface area contributed by atoms with Crippen LogP contribution in [0, 0.1) is 5.92 Å². The summed E-state index contributed by atoms with van der Waals surface area (Å²) in [6.07, 6.45) is 0. The van der Waals surface area contributed by atoms with Crippen molar-refractivity contribution < 1.29 is 4.79 Å². The van der Waals surface area contributed by atoms with Crippen molar-refractivity contribution in [1.82, 2.24) is 5.32 Å². The minimum absolute atomic E-state index is 0.0578. The SMILES string of the molecule is CC1C(=O)NC(C)(C)C1c1ccccc1. The van der Waals surface area contributed by atoms with Crippen LogP contribution >= 0.6 is 0 Å². The molecule has 2 heteroatoms. The van der Waals surface area contributed by atoms with E-state index in [0.29, 0.717) is 0 Å². The molecule has 1 aromatic rings. The maximum atomic E-state index is 11.7. The second kappa shape index (κ2) is 3.37. The molecule has 0 aliphatic carbocycles. The maximum Gasteiger partial charge on any atom is 0.223 e. The number of nitrogens with one attached hydrogen (secondary N) is 1. The van der Waals surface area contributed by atoms with Crippen molar-refractivity contribution in [2.45, 2.75) is 32.2 Å². The van der Waals surface area contributed by atoms with Gasteiger partial charge in [-0.15, -0.1) is 0 Å². The minimum Gasteiger partial charge on any atom is -0.350 e. The largest absolute Gasteiger partial charge is 0.350 e. The van der Waals surface area contributed by atoms with Crippen LogP contribution in [0.25, 0.3) is 0 Å². The lowest BCUT2D eigenvalue weighted by Gasteiger charge is -2.28. The highest BCUT2D eigenvalue weighted by Crippen LogP contribution is 2.39. The van der Waals surface area contributed by atoms with Gasteiger partial charge in [0.1, 0.15) is 0 Å². The van der Waals surface area contributed by atoms with E-state index in [9.17, 15) is 4.79 Å². The number of hydrogen-bond acceptors (Lipinski definition) is 1. The first-order valence-corrected chi connectivity index (χ1v) is 5.39. The quantitative estimate of drug-likeness (QED) is 0.745. The van der Waals surface area contributed by atoms with Gasteiger partial charge in [-0.25, -0.2) is 0 Å². The Labute approximate surface area is 90.7 Å². The molecule has 2 unspecified atom stereocenters. The molecule has 1 saturated heterocycles. The molecule has 80 valence electrons. The lowest BCUT2D eigenvalue weighted by atomic mass is 9.78.